The third-order valence-electron chi connectivity index (χ3n) is 5.15. The first-order valence-electron chi connectivity index (χ1n) is 8.49. The van der Waals surface area contributed by atoms with Gasteiger partial charge in [0.05, 0.1) is 12.0 Å². The van der Waals surface area contributed by atoms with Crippen LogP contribution in [0.25, 0.3) is 0 Å². The number of thiophene rings is 1. The predicted molar refractivity (Wildman–Crippen MR) is 88.0 cm³/mol. The minimum atomic E-state index is 0.249. The molecule has 2 aliphatic rings. The second-order valence-corrected chi connectivity index (χ2v) is 7.79. The van der Waals surface area contributed by atoms with E-state index in [1.54, 1.807) is 0 Å². The molecule has 1 aromatic heterocycles. The monoisotopic (exact) mass is 302 g/mol. The summed E-state index contributed by atoms with van der Waals surface area (Å²) >= 11 is 1.86. The highest BCUT2D eigenvalue weighted by atomic mass is 32.1. The Hall–Kier alpha value is -0.850. The summed E-state index contributed by atoms with van der Waals surface area (Å²) in [6.45, 7) is 3.35. The minimum absolute atomic E-state index is 0.249. The Morgan fingerprint density at radius 2 is 2.19 bits per heavy atom. The molecule has 0 aliphatic heterocycles. The Morgan fingerprint density at radius 1 is 1.33 bits per heavy atom. The van der Waals surface area contributed by atoms with E-state index in [4.69, 9.17) is 0 Å². The van der Waals surface area contributed by atoms with E-state index in [9.17, 15) is 5.26 Å². The molecule has 3 unspecified atom stereocenters. The van der Waals surface area contributed by atoms with E-state index in [2.05, 4.69) is 35.4 Å². The van der Waals surface area contributed by atoms with Crippen LogP contribution in [0.5, 0.6) is 0 Å². The SMILES string of the molecule is CCCC1CCC(C#N)C(N(Cc2cccs2)C2CC2)C1. The van der Waals surface area contributed by atoms with Crippen molar-refractivity contribution in [1.29, 1.82) is 5.26 Å². The highest BCUT2D eigenvalue weighted by molar-refractivity contribution is 7.09. The minimum Gasteiger partial charge on any atom is -0.291 e. The maximum absolute atomic E-state index is 9.58. The fourth-order valence-corrected chi connectivity index (χ4v) is 4.64. The van der Waals surface area contributed by atoms with Crippen molar-refractivity contribution in [2.24, 2.45) is 11.8 Å². The Morgan fingerprint density at radius 3 is 2.81 bits per heavy atom. The summed E-state index contributed by atoms with van der Waals surface area (Å²) in [5, 5.41) is 11.8. The molecule has 0 aromatic carbocycles. The van der Waals surface area contributed by atoms with E-state index in [0.717, 1.165) is 24.9 Å². The van der Waals surface area contributed by atoms with Crippen LogP contribution in [-0.4, -0.2) is 17.0 Å². The Balaban J connectivity index is 1.73. The van der Waals surface area contributed by atoms with Crippen LogP contribution in [0.1, 0.15) is 56.7 Å². The molecule has 3 atom stereocenters. The fraction of sp³-hybridized carbons (Fsp3) is 0.722. The highest BCUT2D eigenvalue weighted by Gasteiger charge is 2.40. The predicted octanol–water partition coefficient (Wildman–Crippen LogP) is 4.82. The van der Waals surface area contributed by atoms with E-state index in [1.807, 2.05) is 11.3 Å². The molecule has 2 aliphatic carbocycles. The molecule has 0 spiro atoms. The summed E-state index contributed by atoms with van der Waals surface area (Å²) in [6.07, 6.45) is 8.90. The first-order chi connectivity index (χ1) is 10.3. The molecule has 2 fully saturated rings. The molecule has 3 rings (SSSR count). The highest BCUT2D eigenvalue weighted by Crippen LogP contribution is 2.40. The number of rotatable bonds is 6. The van der Waals surface area contributed by atoms with Crippen LogP contribution in [0.3, 0.4) is 0 Å². The molecule has 114 valence electrons. The summed E-state index contributed by atoms with van der Waals surface area (Å²) < 4.78 is 0. The molecule has 0 bridgehead atoms. The maximum Gasteiger partial charge on any atom is 0.0672 e. The average molecular weight is 302 g/mol. The van der Waals surface area contributed by atoms with Crippen LogP contribution in [-0.2, 0) is 6.54 Å². The molecule has 2 saturated carbocycles. The van der Waals surface area contributed by atoms with Gasteiger partial charge in [-0.2, -0.15) is 5.26 Å². The van der Waals surface area contributed by atoms with Crippen LogP contribution >= 0.6 is 11.3 Å². The van der Waals surface area contributed by atoms with Crippen molar-refractivity contribution in [3.63, 3.8) is 0 Å². The second kappa shape index (κ2) is 6.94. The number of nitriles is 1. The zero-order valence-electron chi connectivity index (χ0n) is 13.0. The van der Waals surface area contributed by atoms with Gasteiger partial charge in [0.1, 0.15) is 0 Å². The van der Waals surface area contributed by atoms with Gasteiger partial charge in [0.2, 0.25) is 0 Å². The third-order valence-corrected chi connectivity index (χ3v) is 6.01. The number of hydrogen-bond donors (Lipinski definition) is 0. The van der Waals surface area contributed by atoms with Gasteiger partial charge in [0, 0.05) is 23.5 Å². The topological polar surface area (TPSA) is 27.0 Å². The van der Waals surface area contributed by atoms with Gasteiger partial charge in [-0.1, -0.05) is 25.8 Å². The molecule has 2 nitrogen and oxygen atoms in total. The smallest absolute Gasteiger partial charge is 0.0672 e. The van der Waals surface area contributed by atoms with Crippen molar-refractivity contribution >= 4 is 11.3 Å². The van der Waals surface area contributed by atoms with Gasteiger partial charge in [0.15, 0.2) is 0 Å². The zero-order chi connectivity index (χ0) is 14.7. The van der Waals surface area contributed by atoms with Crippen LogP contribution in [0.2, 0.25) is 0 Å². The largest absolute Gasteiger partial charge is 0.291 e. The lowest BCUT2D eigenvalue weighted by molar-refractivity contribution is 0.0850. The fourth-order valence-electron chi connectivity index (χ4n) is 3.92. The van der Waals surface area contributed by atoms with E-state index >= 15 is 0 Å². The first kappa shape index (κ1) is 15.1. The van der Waals surface area contributed by atoms with Crippen LogP contribution in [0.15, 0.2) is 17.5 Å². The summed E-state index contributed by atoms with van der Waals surface area (Å²) in [4.78, 5) is 4.14. The molecule has 0 radical (unpaired) electrons. The maximum atomic E-state index is 9.58. The molecule has 0 N–H and O–H groups in total. The Kier molecular flexibility index (Phi) is 4.98. The summed E-state index contributed by atoms with van der Waals surface area (Å²) in [7, 11) is 0. The molecule has 1 heterocycles. The molecule has 1 aromatic rings. The van der Waals surface area contributed by atoms with Crippen LogP contribution in [0, 0.1) is 23.2 Å². The molecular formula is C18H26N2S. The van der Waals surface area contributed by atoms with Gasteiger partial charge in [-0.25, -0.2) is 0 Å². The molecule has 21 heavy (non-hydrogen) atoms. The van der Waals surface area contributed by atoms with Crippen molar-refractivity contribution in [3.05, 3.63) is 22.4 Å². The molecule has 0 saturated heterocycles. The van der Waals surface area contributed by atoms with Gasteiger partial charge in [-0.15, -0.1) is 11.3 Å². The van der Waals surface area contributed by atoms with Crippen molar-refractivity contribution in [3.8, 4) is 6.07 Å². The summed E-state index contributed by atoms with van der Waals surface area (Å²) in [6, 6.07) is 8.25. The summed E-state index contributed by atoms with van der Waals surface area (Å²) in [5.41, 5.74) is 0. The quantitative estimate of drug-likeness (QED) is 0.753. The van der Waals surface area contributed by atoms with E-state index in [0.29, 0.717) is 6.04 Å². The Bertz CT molecular complexity index is 472. The lowest BCUT2D eigenvalue weighted by Crippen LogP contribution is -2.44. The van der Waals surface area contributed by atoms with Gasteiger partial charge in [-0.05, 0) is 49.5 Å². The van der Waals surface area contributed by atoms with Crippen molar-refractivity contribution in [1.82, 2.24) is 4.90 Å². The molecule has 3 heteroatoms. The second-order valence-electron chi connectivity index (χ2n) is 6.75. The number of hydrogen-bond acceptors (Lipinski definition) is 3. The molecule has 0 amide bonds. The van der Waals surface area contributed by atoms with Crippen LogP contribution < -0.4 is 0 Å². The third kappa shape index (κ3) is 3.67. The standard InChI is InChI=1S/C18H26N2S/c1-2-4-14-6-7-15(12-19)18(11-14)20(16-8-9-16)13-17-5-3-10-21-17/h3,5,10,14-16,18H,2,4,6-9,11,13H2,1H3. The van der Waals surface area contributed by atoms with Crippen molar-refractivity contribution < 1.29 is 0 Å². The lowest BCUT2D eigenvalue weighted by atomic mass is 9.76. The first-order valence-corrected chi connectivity index (χ1v) is 9.37. The Labute approximate surface area is 132 Å². The van der Waals surface area contributed by atoms with Gasteiger partial charge in [-0.3, -0.25) is 4.90 Å². The van der Waals surface area contributed by atoms with E-state index < -0.39 is 0 Å². The van der Waals surface area contributed by atoms with Gasteiger partial charge in [0.25, 0.3) is 0 Å². The number of nitrogens with zero attached hydrogens (tertiary/aromatic N) is 2. The van der Waals surface area contributed by atoms with E-state index in [-0.39, 0.29) is 5.92 Å². The van der Waals surface area contributed by atoms with Crippen LogP contribution in [0.4, 0.5) is 0 Å². The lowest BCUT2D eigenvalue weighted by Gasteiger charge is -2.40. The van der Waals surface area contributed by atoms with Gasteiger partial charge < -0.3 is 0 Å². The molecular weight excluding hydrogens is 276 g/mol. The normalized spacial score (nSPS) is 29.5. The van der Waals surface area contributed by atoms with E-state index in [1.165, 1.54) is 43.4 Å². The average Bonchev–Trinajstić information content (AvgIpc) is 3.22. The summed E-state index contributed by atoms with van der Waals surface area (Å²) in [5.74, 6) is 1.09. The van der Waals surface area contributed by atoms with Gasteiger partial charge >= 0.3 is 0 Å². The van der Waals surface area contributed by atoms with Crippen molar-refractivity contribution in [2.75, 3.05) is 0 Å². The zero-order valence-corrected chi connectivity index (χ0v) is 13.8. The van der Waals surface area contributed by atoms with Crippen molar-refractivity contribution in [2.45, 2.75) is 70.5 Å².